The predicted octanol–water partition coefficient (Wildman–Crippen LogP) is 4.35. The molecule has 2 unspecified atom stereocenters. The third-order valence-corrected chi connectivity index (χ3v) is 9.97. The van der Waals surface area contributed by atoms with Gasteiger partial charge in [-0.2, -0.15) is 0 Å². The highest BCUT2D eigenvalue weighted by Gasteiger charge is 2.51. The van der Waals surface area contributed by atoms with E-state index in [9.17, 15) is 14.7 Å². The first-order valence-corrected chi connectivity index (χ1v) is 15.4. The van der Waals surface area contributed by atoms with Crippen molar-refractivity contribution in [2.24, 2.45) is 5.92 Å². The fraction of sp³-hybridized carbons (Fsp3) is 0.656. The number of nitrogens with zero attached hydrogens (tertiary/aromatic N) is 3. The second-order valence-electron chi connectivity index (χ2n) is 12.6. The van der Waals surface area contributed by atoms with Gasteiger partial charge in [0, 0.05) is 49.2 Å². The summed E-state index contributed by atoms with van der Waals surface area (Å²) >= 11 is 0. The molecular weight excluding hydrogens is 504 g/mol. The van der Waals surface area contributed by atoms with Crippen molar-refractivity contribution in [1.82, 2.24) is 20.1 Å². The predicted molar refractivity (Wildman–Crippen MR) is 154 cm³/mol. The second-order valence-corrected chi connectivity index (χ2v) is 12.6. The zero-order valence-electron chi connectivity index (χ0n) is 23.9. The largest absolute Gasteiger partial charge is 0.481 e. The van der Waals surface area contributed by atoms with Gasteiger partial charge < -0.3 is 25.0 Å². The van der Waals surface area contributed by atoms with Crippen molar-refractivity contribution in [3.63, 3.8) is 0 Å². The smallest absolute Gasteiger partial charge is 0.254 e. The summed E-state index contributed by atoms with van der Waals surface area (Å²) in [7, 11) is 1.64. The fourth-order valence-electron chi connectivity index (χ4n) is 7.38. The third-order valence-electron chi connectivity index (χ3n) is 9.97. The van der Waals surface area contributed by atoms with Crippen LogP contribution in [0.1, 0.15) is 88.7 Å². The highest BCUT2D eigenvalue weighted by atomic mass is 16.5. The molecule has 6 rings (SSSR count). The van der Waals surface area contributed by atoms with Crippen molar-refractivity contribution in [2.75, 3.05) is 33.3 Å². The number of rotatable bonds is 4. The van der Waals surface area contributed by atoms with Crippen molar-refractivity contribution in [1.29, 1.82) is 0 Å². The van der Waals surface area contributed by atoms with E-state index in [2.05, 4.69) is 34.6 Å². The van der Waals surface area contributed by atoms with Crippen LogP contribution in [0, 0.1) is 5.92 Å². The van der Waals surface area contributed by atoms with Crippen LogP contribution in [0.4, 0.5) is 0 Å². The molecule has 2 amide bonds. The molecule has 2 atom stereocenters. The molecule has 1 aromatic carbocycles. The van der Waals surface area contributed by atoms with Gasteiger partial charge in [-0.25, -0.2) is 4.98 Å². The van der Waals surface area contributed by atoms with E-state index in [0.717, 1.165) is 49.4 Å². The Morgan fingerprint density at radius 3 is 2.25 bits per heavy atom. The number of ether oxygens (including phenoxy) is 1. The van der Waals surface area contributed by atoms with Crippen LogP contribution in [0.25, 0.3) is 10.9 Å². The number of piperazine rings is 1. The van der Waals surface area contributed by atoms with Crippen LogP contribution in [0.15, 0.2) is 30.3 Å². The molecule has 2 aromatic rings. The first-order valence-electron chi connectivity index (χ1n) is 15.4. The summed E-state index contributed by atoms with van der Waals surface area (Å²) in [4.78, 5) is 35.2. The molecule has 0 radical (unpaired) electrons. The minimum atomic E-state index is -1.14. The Bertz CT molecular complexity index is 1230. The zero-order valence-corrected chi connectivity index (χ0v) is 23.9. The van der Waals surface area contributed by atoms with Gasteiger partial charge in [0.25, 0.3) is 5.91 Å². The van der Waals surface area contributed by atoms with Crippen molar-refractivity contribution in [2.45, 2.75) is 94.2 Å². The third kappa shape index (κ3) is 5.45. The molecule has 0 bridgehead atoms. The molecule has 4 aliphatic rings. The molecule has 3 heterocycles. The number of hydrogen-bond donors (Lipinski definition) is 2. The quantitative estimate of drug-likeness (QED) is 0.590. The standard InChI is InChI=1S/C32H44N4O4/c1-40-28-13-9-23-22-24(8-11-26(23)33-28)27-12-10-25(31(34-27)14-6-4-2-3-5-7-15-31)29(37)35-18-20-36(21-19-35)30(38)32(39)16-17-32/h8-9,11,13,22,25,27,34,39H,2-7,10,12,14-21H2,1H3. The van der Waals surface area contributed by atoms with Gasteiger partial charge >= 0.3 is 0 Å². The van der Waals surface area contributed by atoms with Crippen molar-refractivity contribution in [3.8, 4) is 5.88 Å². The number of carbonyl (C=O) groups is 2. The summed E-state index contributed by atoms with van der Waals surface area (Å²) in [5.74, 6) is 0.661. The molecule has 216 valence electrons. The molecule has 8 heteroatoms. The number of nitrogens with one attached hydrogen (secondary N) is 1. The van der Waals surface area contributed by atoms with Gasteiger partial charge in [-0.3, -0.25) is 9.59 Å². The number of pyridine rings is 1. The molecule has 2 saturated heterocycles. The maximum absolute atomic E-state index is 14.2. The minimum absolute atomic E-state index is 0.0527. The first-order chi connectivity index (χ1) is 19.4. The van der Waals surface area contributed by atoms with Crippen LogP contribution < -0.4 is 10.1 Å². The lowest BCUT2D eigenvalue weighted by Crippen LogP contribution is -2.62. The van der Waals surface area contributed by atoms with E-state index in [0.29, 0.717) is 44.9 Å². The van der Waals surface area contributed by atoms with Crippen molar-refractivity contribution >= 4 is 22.7 Å². The van der Waals surface area contributed by atoms with Crippen LogP contribution in [0.2, 0.25) is 0 Å². The average Bonchev–Trinajstić information content (AvgIpc) is 3.73. The number of carbonyl (C=O) groups excluding carboxylic acids is 2. The maximum atomic E-state index is 14.2. The molecule has 4 fully saturated rings. The van der Waals surface area contributed by atoms with Crippen molar-refractivity contribution < 1.29 is 19.4 Å². The van der Waals surface area contributed by atoms with E-state index in [-0.39, 0.29) is 29.3 Å². The van der Waals surface area contributed by atoms with Gasteiger partial charge in [0.1, 0.15) is 5.60 Å². The van der Waals surface area contributed by atoms with Gasteiger partial charge in [0.05, 0.1) is 18.5 Å². The zero-order chi connectivity index (χ0) is 27.7. The summed E-state index contributed by atoms with van der Waals surface area (Å²) in [5.41, 5.74) is 0.833. The van der Waals surface area contributed by atoms with Crippen LogP contribution in [-0.2, 0) is 9.59 Å². The number of methoxy groups -OCH3 is 1. The van der Waals surface area contributed by atoms with Crippen LogP contribution >= 0.6 is 0 Å². The van der Waals surface area contributed by atoms with Crippen molar-refractivity contribution in [3.05, 3.63) is 35.9 Å². The molecule has 2 saturated carbocycles. The molecule has 2 aliphatic carbocycles. The molecule has 40 heavy (non-hydrogen) atoms. The van der Waals surface area contributed by atoms with Crippen LogP contribution in [0.3, 0.4) is 0 Å². The Balaban J connectivity index is 1.21. The van der Waals surface area contributed by atoms with E-state index in [4.69, 9.17) is 4.74 Å². The van der Waals surface area contributed by atoms with E-state index < -0.39 is 5.60 Å². The molecular formula is C32H44N4O4. The highest BCUT2D eigenvalue weighted by molar-refractivity contribution is 5.88. The molecule has 1 aromatic heterocycles. The number of fused-ring (bicyclic) bond motifs is 1. The minimum Gasteiger partial charge on any atom is -0.481 e. The number of amides is 2. The number of aromatic nitrogens is 1. The van der Waals surface area contributed by atoms with Crippen LogP contribution in [0.5, 0.6) is 5.88 Å². The Labute approximate surface area is 237 Å². The molecule has 1 spiro atoms. The summed E-state index contributed by atoms with van der Waals surface area (Å²) in [6.07, 6.45) is 12.3. The van der Waals surface area contributed by atoms with Gasteiger partial charge in [-0.15, -0.1) is 0 Å². The van der Waals surface area contributed by atoms with Gasteiger partial charge in [0.15, 0.2) is 0 Å². The maximum Gasteiger partial charge on any atom is 0.254 e. The normalized spacial score (nSPS) is 26.6. The molecule has 8 nitrogen and oxygen atoms in total. The number of piperidine rings is 1. The van der Waals surface area contributed by atoms with E-state index in [1.807, 2.05) is 11.0 Å². The van der Waals surface area contributed by atoms with E-state index in [1.54, 1.807) is 12.0 Å². The Kier molecular flexibility index (Phi) is 7.75. The fourth-order valence-corrected chi connectivity index (χ4v) is 7.38. The topological polar surface area (TPSA) is 95.0 Å². The Hall–Kier alpha value is -2.71. The number of aliphatic hydroxyl groups is 1. The lowest BCUT2D eigenvalue weighted by Gasteiger charge is -2.50. The van der Waals surface area contributed by atoms with Gasteiger partial charge in [-0.1, -0.05) is 44.6 Å². The van der Waals surface area contributed by atoms with E-state index >= 15 is 0 Å². The molecule has 2 N–H and O–H groups in total. The Morgan fingerprint density at radius 1 is 0.900 bits per heavy atom. The lowest BCUT2D eigenvalue weighted by molar-refractivity contribution is -0.150. The summed E-state index contributed by atoms with van der Waals surface area (Å²) in [5, 5.41) is 15.5. The molecule has 2 aliphatic heterocycles. The summed E-state index contributed by atoms with van der Waals surface area (Å²) < 4.78 is 5.31. The average molecular weight is 549 g/mol. The highest BCUT2D eigenvalue weighted by Crippen LogP contribution is 2.44. The first kappa shape index (κ1) is 27.5. The summed E-state index contributed by atoms with van der Waals surface area (Å²) in [6, 6.07) is 10.7. The van der Waals surface area contributed by atoms with Crippen LogP contribution in [-0.4, -0.2) is 76.1 Å². The summed E-state index contributed by atoms with van der Waals surface area (Å²) in [6.45, 7) is 2.13. The number of hydrogen-bond acceptors (Lipinski definition) is 6. The second kappa shape index (κ2) is 11.3. The SMILES string of the molecule is COc1ccc2cc(C3CCC(C(=O)N4CCN(C(=O)C5(O)CC5)CC4)C4(CCCCCCCC4)N3)ccc2n1. The van der Waals surface area contributed by atoms with E-state index in [1.165, 1.54) is 31.2 Å². The number of benzene rings is 1. The van der Waals surface area contributed by atoms with Gasteiger partial charge in [0.2, 0.25) is 11.8 Å². The van der Waals surface area contributed by atoms with Gasteiger partial charge in [-0.05, 0) is 62.3 Å². The lowest BCUT2D eigenvalue weighted by atomic mass is 9.69. The Morgan fingerprint density at radius 2 is 1.57 bits per heavy atom. The monoisotopic (exact) mass is 548 g/mol.